The minimum atomic E-state index is -0.358. The lowest BCUT2D eigenvalue weighted by molar-refractivity contribution is -0.132. The summed E-state index contributed by atoms with van der Waals surface area (Å²) in [5.41, 5.74) is 5.87. The molecule has 0 saturated heterocycles. The summed E-state index contributed by atoms with van der Waals surface area (Å²) in [7, 11) is 1.81. The standard InChI is InChI=1S/C12H24N2O/c1-5-7-8-9-14(4)12(15)11(13)10(3)6-2/h5,10-11H,1,6-9,13H2,2-4H3. The highest BCUT2D eigenvalue weighted by Crippen LogP contribution is 2.08. The maximum absolute atomic E-state index is 11.8. The van der Waals surface area contributed by atoms with Crippen LogP contribution in [-0.2, 0) is 4.79 Å². The molecule has 2 unspecified atom stereocenters. The van der Waals surface area contributed by atoms with E-state index in [0.717, 1.165) is 25.8 Å². The van der Waals surface area contributed by atoms with Gasteiger partial charge in [-0.05, 0) is 18.8 Å². The van der Waals surface area contributed by atoms with Gasteiger partial charge in [0.1, 0.15) is 0 Å². The molecule has 2 atom stereocenters. The number of nitrogens with two attached hydrogens (primary N) is 1. The predicted molar refractivity (Wildman–Crippen MR) is 64.5 cm³/mol. The summed E-state index contributed by atoms with van der Waals surface area (Å²) in [5.74, 6) is 0.299. The second-order valence-corrected chi connectivity index (χ2v) is 4.10. The van der Waals surface area contributed by atoms with Gasteiger partial charge in [-0.2, -0.15) is 0 Å². The van der Waals surface area contributed by atoms with Crippen molar-refractivity contribution in [2.24, 2.45) is 11.7 Å². The van der Waals surface area contributed by atoms with Gasteiger partial charge in [0, 0.05) is 13.6 Å². The zero-order chi connectivity index (χ0) is 11.8. The van der Waals surface area contributed by atoms with E-state index in [2.05, 4.69) is 13.5 Å². The Morgan fingerprint density at radius 1 is 1.60 bits per heavy atom. The van der Waals surface area contributed by atoms with Crippen LogP contribution in [0, 0.1) is 5.92 Å². The first-order valence-corrected chi connectivity index (χ1v) is 5.66. The molecule has 0 bridgehead atoms. The predicted octanol–water partition coefficient (Wildman–Crippen LogP) is 1.78. The molecule has 0 aromatic rings. The second-order valence-electron chi connectivity index (χ2n) is 4.10. The molecule has 0 aliphatic heterocycles. The molecule has 0 rings (SSSR count). The first-order chi connectivity index (χ1) is 7.04. The van der Waals surface area contributed by atoms with E-state index in [1.165, 1.54) is 0 Å². The minimum Gasteiger partial charge on any atom is -0.344 e. The topological polar surface area (TPSA) is 46.3 Å². The molecule has 0 aliphatic rings. The van der Waals surface area contributed by atoms with E-state index in [1.807, 2.05) is 20.0 Å². The first-order valence-electron chi connectivity index (χ1n) is 5.66. The van der Waals surface area contributed by atoms with Crippen LogP contribution < -0.4 is 5.73 Å². The SMILES string of the molecule is C=CCCCN(C)C(=O)C(N)C(C)CC. The molecular weight excluding hydrogens is 188 g/mol. The summed E-state index contributed by atoms with van der Waals surface area (Å²) < 4.78 is 0. The van der Waals surface area contributed by atoms with Crippen LogP contribution in [0.5, 0.6) is 0 Å². The minimum absolute atomic E-state index is 0.0495. The molecule has 0 fully saturated rings. The van der Waals surface area contributed by atoms with Crippen molar-refractivity contribution in [1.82, 2.24) is 4.90 Å². The molecule has 0 heterocycles. The number of rotatable bonds is 7. The van der Waals surface area contributed by atoms with Gasteiger partial charge in [-0.1, -0.05) is 26.3 Å². The van der Waals surface area contributed by atoms with Gasteiger partial charge < -0.3 is 10.6 Å². The Balaban J connectivity index is 4.01. The molecule has 0 spiro atoms. The van der Waals surface area contributed by atoms with Crippen LogP contribution in [-0.4, -0.2) is 30.4 Å². The molecule has 3 heteroatoms. The zero-order valence-electron chi connectivity index (χ0n) is 10.2. The van der Waals surface area contributed by atoms with E-state index in [-0.39, 0.29) is 17.9 Å². The molecule has 88 valence electrons. The average Bonchev–Trinajstić information content (AvgIpc) is 2.26. The van der Waals surface area contributed by atoms with Crippen molar-refractivity contribution in [3.8, 4) is 0 Å². The zero-order valence-corrected chi connectivity index (χ0v) is 10.2. The van der Waals surface area contributed by atoms with Crippen molar-refractivity contribution in [3.05, 3.63) is 12.7 Å². The van der Waals surface area contributed by atoms with Crippen LogP contribution in [0.2, 0.25) is 0 Å². The molecule has 3 nitrogen and oxygen atoms in total. The number of hydrogen-bond acceptors (Lipinski definition) is 2. The number of hydrogen-bond donors (Lipinski definition) is 1. The van der Waals surface area contributed by atoms with Gasteiger partial charge in [0.2, 0.25) is 5.91 Å². The van der Waals surface area contributed by atoms with Crippen LogP contribution in [0.15, 0.2) is 12.7 Å². The summed E-state index contributed by atoms with van der Waals surface area (Å²) in [4.78, 5) is 13.5. The Morgan fingerprint density at radius 3 is 2.67 bits per heavy atom. The fraction of sp³-hybridized carbons (Fsp3) is 0.750. The van der Waals surface area contributed by atoms with Crippen LogP contribution in [0.3, 0.4) is 0 Å². The number of likely N-dealkylation sites (N-methyl/N-ethyl adjacent to an activating group) is 1. The monoisotopic (exact) mass is 212 g/mol. The number of carbonyl (C=O) groups is 1. The van der Waals surface area contributed by atoms with Crippen molar-refractivity contribution in [1.29, 1.82) is 0 Å². The average molecular weight is 212 g/mol. The highest BCUT2D eigenvalue weighted by atomic mass is 16.2. The third kappa shape index (κ3) is 4.98. The summed E-state index contributed by atoms with van der Waals surface area (Å²) in [6.07, 6.45) is 4.70. The van der Waals surface area contributed by atoms with Crippen molar-refractivity contribution in [3.63, 3.8) is 0 Å². The number of allylic oxidation sites excluding steroid dienone is 1. The summed E-state index contributed by atoms with van der Waals surface area (Å²) in [6, 6.07) is -0.358. The number of carbonyl (C=O) groups excluding carboxylic acids is 1. The summed E-state index contributed by atoms with van der Waals surface area (Å²) in [5, 5.41) is 0. The largest absolute Gasteiger partial charge is 0.344 e. The fourth-order valence-corrected chi connectivity index (χ4v) is 1.33. The van der Waals surface area contributed by atoms with Crippen LogP contribution >= 0.6 is 0 Å². The Kier molecular flexibility index (Phi) is 7.05. The normalized spacial score (nSPS) is 14.4. The Hall–Kier alpha value is -0.830. The maximum atomic E-state index is 11.8. The van der Waals surface area contributed by atoms with Crippen molar-refractivity contribution >= 4 is 5.91 Å². The highest BCUT2D eigenvalue weighted by Gasteiger charge is 2.22. The Labute approximate surface area is 93.3 Å². The fourth-order valence-electron chi connectivity index (χ4n) is 1.33. The van der Waals surface area contributed by atoms with Gasteiger partial charge >= 0.3 is 0 Å². The van der Waals surface area contributed by atoms with E-state index < -0.39 is 0 Å². The molecule has 0 saturated carbocycles. The van der Waals surface area contributed by atoms with E-state index in [0.29, 0.717) is 0 Å². The van der Waals surface area contributed by atoms with Crippen molar-refractivity contribution in [2.75, 3.05) is 13.6 Å². The molecule has 0 aromatic carbocycles. The van der Waals surface area contributed by atoms with Gasteiger partial charge in [-0.15, -0.1) is 6.58 Å². The van der Waals surface area contributed by atoms with E-state index in [4.69, 9.17) is 5.73 Å². The molecule has 0 aromatic heterocycles. The molecule has 0 radical (unpaired) electrons. The van der Waals surface area contributed by atoms with Gasteiger partial charge in [-0.25, -0.2) is 0 Å². The third-order valence-electron chi connectivity index (χ3n) is 2.82. The number of amides is 1. The third-order valence-corrected chi connectivity index (χ3v) is 2.82. The van der Waals surface area contributed by atoms with Gasteiger partial charge in [0.25, 0.3) is 0 Å². The Bertz CT molecular complexity index is 204. The number of unbranched alkanes of at least 4 members (excludes halogenated alkanes) is 1. The van der Waals surface area contributed by atoms with Crippen LogP contribution in [0.25, 0.3) is 0 Å². The van der Waals surface area contributed by atoms with Gasteiger partial charge in [0.15, 0.2) is 0 Å². The lowest BCUT2D eigenvalue weighted by Gasteiger charge is -2.24. The van der Waals surface area contributed by atoms with Crippen molar-refractivity contribution in [2.45, 2.75) is 39.2 Å². The van der Waals surface area contributed by atoms with Gasteiger partial charge in [0.05, 0.1) is 6.04 Å². The van der Waals surface area contributed by atoms with Crippen LogP contribution in [0.1, 0.15) is 33.1 Å². The van der Waals surface area contributed by atoms with E-state index >= 15 is 0 Å². The maximum Gasteiger partial charge on any atom is 0.239 e. The molecular formula is C12H24N2O. The first kappa shape index (κ1) is 14.2. The summed E-state index contributed by atoms with van der Waals surface area (Å²) >= 11 is 0. The lowest BCUT2D eigenvalue weighted by Crippen LogP contribution is -2.45. The highest BCUT2D eigenvalue weighted by molar-refractivity contribution is 5.81. The van der Waals surface area contributed by atoms with Crippen molar-refractivity contribution < 1.29 is 4.79 Å². The van der Waals surface area contributed by atoms with E-state index in [9.17, 15) is 4.79 Å². The molecule has 2 N–H and O–H groups in total. The van der Waals surface area contributed by atoms with Gasteiger partial charge in [-0.3, -0.25) is 4.79 Å². The number of nitrogens with zero attached hydrogens (tertiary/aromatic N) is 1. The summed E-state index contributed by atoms with van der Waals surface area (Å²) in [6.45, 7) is 8.47. The smallest absolute Gasteiger partial charge is 0.239 e. The molecule has 1 amide bonds. The Morgan fingerprint density at radius 2 is 2.20 bits per heavy atom. The quantitative estimate of drug-likeness (QED) is 0.516. The molecule has 15 heavy (non-hydrogen) atoms. The lowest BCUT2D eigenvalue weighted by atomic mass is 9.99. The molecule has 0 aliphatic carbocycles. The van der Waals surface area contributed by atoms with E-state index in [1.54, 1.807) is 4.90 Å². The second kappa shape index (κ2) is 7.46. The van der Waals surface area contributed by atoms with Crippen LogP contribution in [0.4, 0.5) is 0 Å².